The summed E-state index contributed by atoms with van der Waals surface area (Å²) >= 11 is 1.68. The number of carbonyl (C=O) groups excluding carboxylic acids is 1. The number of nitrogens with one attached hydrogen (secondary N) is 1. The molecular formula is C6H8N2OS. The van der Waals surface area contributed by atoms with Crippen LogP contribution in [-0.4, -0.2) is 11.8 Å². The molecule has 3 N–H and O–H groups in total. The summed E-state index contributed by atoms with van der Waals surface area (Å²) in [6.45, 7) is 0. The molecule has 0 aromatic carbocycles. The SMILES string of the molecule is NC(=O)NC1=CCSC=C1. The van der Waals surface area contributed by atoms with Crippen LogP contribution in [0.2, 0.25) is 0 Å². The van der Waals surface area contributed by atoms with Crippen molar-refractivity contribution in [2.75, 3.05) is 5.75 Å². The van der Waals surface area contributed by atoms with Crippen molar-refractivity contribution in [3.05, 3.63) is 23.3 Å². The van der Waals surface area contributed by atoms with E-state index in [1.165, 1.54) is 0 Å². The molecule has 2 amide bonds. The van der Waals surface area contributed by atoms with E-state index < -0.39 is 6.03 Å². The number of amides is 2. The fourth-order valence-corrected chi connectivity index (χ4v) is 1.25. The number of rotatable bonds is 1. The Balaban J connectivity index is 2.48. The van der Waals surface area contributed by atoms with E-state index >= 15 is 0 Å². The Hall–Kier alpha value is -0.900. The van der Waals surface area contributed by atoms with E-state index in [1.54, 1.807) is 11.8 Å². The first-order chi connectivity index (χ1) is 4.79. The summed E-state index contributed by atoms with van der Waals surface area (Å²) in [5, 5.41) is 4.40. The van der Waals surface area contributed by atoms with Gasteiger partial charge in [0.2, 0.25) is 0 Å². The maximum atomic E-state index is 10.3. The lowest BCUT2D eigenvalue weighted by atomic mass is 10.4. The molecule has 10 heavy (non-hydrogen) atoms. The van der Waals surface area contributed by atoms with Crippen molar-refractivity contribution in [2.45, 2.75) is 0 Å². The summed E-state index contributed by atoms with van der Waals surface area (Å²) in [5.74, 6) is 0.895. The molecule has 54 valence electrons. The minimum absolute atomic E-state index is 0.511. The smallest absolute Gasteiger partial charge is 0.316 e. The molecule has 0 fully saturated rings. The molecule has 0 saturated heterocycles. The van der Waals surface area contributed by atoms with Gasteiger partial charge in [0.05, 0.1) is 0 Å². The van der Waals surface area contributed by atoms with Crippen LogP contribution in [0, 0.1) is 0 Å². The van der Waals surface area contributed by atoms with E-state index in [2.05, 4.69) is 5.32 Å². The third-order valence-corrected chi connectivity index (χ3v) is 1.70. The number of urea groups is 1. The van der Waals surface area contributed by atoms with Crippen LogP contribution in [0.25, 0.3) is 0 Å². The first-order valence-corrected chi connectivity index (χ1v) is 3.88. The Morgan fingerprint density at radius 3 is 3.10 bits per heavy atom. The van der Waals surface area contributed by atoms with E-state index in [-0.39, 0.29) is 0 Å². The summed E-state index contributed by atoms with van der Waals surface area (Å²) < 4.78 is 0. The molecule has 0 atom stereocenters. The highest BCUT2D eigenvalue weighted by atomic mass is 32.2. The minimum atomic E-state index is -0.511. The van der Waals surface area contributed by atoms with Crippen LogP contribution < -0.4 is 11.1 Å². The number of carbonyl (C=O) groups is 1. The molecular weight excluding hydrogens is 148 g/mol. The van der Waals surface area contributed by atoms with Crippen LogP contribution in [0.4, 0.5) is 4.79 Å². The van der Waals surface area contributed by atoms with Crippen LogP contribution in [0.15, 0.2) is 23.3 Å². The lowest BCUT2D eigenvalue weighted by Crippen LogP contribution is -2.28. The molecule has 3 nitrogen and oxygen atoms in total. The molecule has 4 heteroatoms. The van der Waals surface area contributed by atoms with E-state index in [0.29, 0.717) is 0 Å². The van der Waals surface area contributed by atoms with Gasteiger partial charge in [0.15, 0.2) is 0 Å². The summed E-state index contributed by atoms with van der Waals surface area (Å²) in [6.07, 6.45) is 3.73. The van der Waals surface area contributed by atoms with Gasteiger partial charge in [-0.25, -0.2) is 4.79 Å². The van der Waals surface area contributed by atoms with Crippen molar-refractivity contribution < 1.29 is 4.79 Å². The van der Waals surface area contributed by atoms with Crippen LogP contribution in [-0.2, 0) is 0 Å². The van der Waals surface area contributed by atoms with Crippen molar-refractivity contribution in [1.29, 1.82) is 0 Å². The fourth-order valence-electron chi connectivity index (χ4n) is 0.618. The Morgan fingerprint density at radius 2 is 2.60 bits per heavy atom. The summed E-state index contributed by atoms with van der Waals surface area (Å²) in [7, 11) is 0. The average Bonchev–Trinajstić information content (AvgIpc) is 1.88. The van der Waals surface area contributed by atoms with Crippen LogP contribution in [0.3, 0.4) is 0 Å². The Labute approximate surface area is 63.4 Å². The number of primary amides is 1. The quantitative estimate of drug-likeness (QED) is 0.590. The van der Waals surface area contributed by atoms with E-state index in [1.807, 2.05) is 17.6 Å². The fraction of sp³-hybridized carbons (Fsp3) is 0.167. The standard InChI is InChI=1S/C6H8N2OS/c7-6(9)8-5-1-3-10-4-2-5/h1-3H,4H2,(H3,7,8,9). The molecule has 0 aromatic heterocycles. The molecule has 0 aliphatic carbocycles. The largest absolute Gasteiger partial charge is 0.351 e. The summed E-state index contributed by atoms with van der Waals surface area (Å²) in [6, 6.07) is -0.511. The molecule has 0 aromatic rings. The van der Waals surface area contributed by atoms with Gasteiger partial charge in [-0.05, 0) is 11.5 Å². The topological polar surface area (TPSA) is 55.1 Å². The zero-order valence-electron chi connectivity index (χ0n) is 5.33. The van der Waals surface area contributed by atoms with Crippen LogP contribution in [0.5, 0.6) is 0 Å². The second kappa shape index (κ2) is 3.31. The summed E-state index contributed by atoms with van der Waals surface area (Å²) in [5.41, 5.74) is 5.68. The van der Waals surface area contributed by atoms with Gasteiger partial charge in [0, 0.05) is 11.4 Å². The van der Waals surface area contributed by atoms with Crippen LogP contribution >= 0.6 is 11.8 Å². The van der Waals surface area contributed by atoms with E-state index in [4.69, 9.17) is 5.73 Å². The highest BCUT2D eigenvalue weighted by molar-refractivity contribution is 8.02. The molecule has 0 unspecified atom stereocenters. The molecule has 0 saturated carbocycles. The van der Waals surface area contributed by atoms with Crippen molar-refractivity contribution >= 4 is 17.8 Å². The predicted molar refractivity (Wildman–Crippen MR) is 42.4 cm³/mol. The Kier molecular flexibility index (Phi) is 2.39. The van der Waals surface area contributed by atoms with Crippen LogP contribution in [0.1, 0.15) is 0 Å². The first-order valence-electron chi connectivity index (χ1n) is 2.84. The normalized spacial score (nSPS) is 16.2. The second-order valence-corrected chi connectivity index (χ2v) is 2.72. The maximum absolute atomic E-state index is 10.3. The monoisotopic (exact) mass is 156 g/mol. The number of allylic oxidation sites excluding steroid dienone is 1. The second-order valence-electron chi connectivity index (χ2n) is 1.78. The van der Waals surface area contributed by atoms with Gasteiger partial charge < -0.3 is 11.1 Å². The lowest BCUT2D eigenvalue weighted by molar-refractivity contribution is 0.251. The van der Waals surface area contributed by atoms with Gasteiger partial charge in [-0.2, -0.15) is 0 Å². The lowest BCUT2D eigenvalue weighted by Gasteiger charge is -2.05. The van der Waals surface area contributed by atoms with Gasteiger partial charge in [-0.1, -0.05) is 6.08 Å². The van der Waals surface area contributed by atoms with Gasteiger partial charge >= 0.3 is 6.03 Å². The zero-order valence-corrected chi connectivity index (χ0v) is 6.15. The van der Waals surface area contributed by atoms with Gasteiger partial charge in [-0.15, -0.1) is 11.8 Å². The molecule has 1 rings (SSSR count). The van der Waals surface area contributed by atoms with E-state index in [9.17, 15) is 4.79 Å². The molecule has 0 radical (unpaired) electrons. The molecule has 1 aliphatic heterocycles. The van der Waals surface area contributed by atoms with Gasteiger partial charge in [0.25, 0.3) is 0 Å². The number of nitrogens with two attached hydrogens (primary N) is 1. The molecule has 0 bridgehead atoms. The predicted octanol–water partition coefficient (Wildman–Crippen LogP) is 0.799. The molecule has 1 aliphatic rings. The van der Waals surface area contributed by atoms with Gasteiger partial charge in [-0.3, -0.25) is 0 Å². The van der Waals surface area contributed by atoms with Crippen molar-refractivity contribution in [3.63, 3.8) is 0 Å². The Morgan fingerprint density at radius 1 is 1.80 bits per heavy atom. The Bertz CT molecular complexity index is 198. The maximum Gasteiger partial charge on any atom is 0.316 e. The third kappa shape index (κ3) is 2.14. The zero-order chi connectivity index (χ0) is 7.40. The highest BCUT2D eigenvalue weighted by Gasteiger charge is 1.97. The number of hydrogen-bond acceptors (Lipinski definition) is 2. The van der Waals surface area contributed by atoms with E-state index in [0.717, 1.165) is 11.4 Å². The van der Waals surface area contributed by atoms with Gasteiger partial charge in [0.1, 0.15) is 0 Å². The third-order valence-electron chi connectivity index (χ3n) is 1.01. The number of thioether (sulfide) groups is 1. The first kappa shape index (κ1) is 7.21. The summed E-state index contributed by atoms with van der Waals surface area (Å²) in [4.78, 5) is 10.3. The highest BCUT2D eigenvalue weighted by Crippen LogP contribution is 2.11. The van der Waals surface area contributed by atoms with Crippen molar-refractivity contribution in [3.8, 4) is 0 Å². The minimum Gasteiger partial charge on any atom is -0.351 e. The number of hydrogen-bond donors (Lipinski definition) is 2. The van der Waals surface area contributed by atoms with Crippen molar-refractivity contribution in [2.24, 2.45) is 5.73 Å². The average molecular weight is 156 g/mol. The molecule has 1 heterocycles. The molecule has 0 spiro atoms. The van der Waals surface area contributed by atoms with Crippen molar-refractivity contribution in [1.82, 2.24) is 5.32 Å².